The first-order chi connectivity index (χ1) is 11.7. The summed E-state index contributed by atoms with van der Waals surface area (Å²) in [4.78, 5) is 21.7. The molecular weight excluding hydrogens is 304 g/mol. The van der Waals surface area contributed by atoms with Gasteiger partial charge in [0.1, 0.15) is 11.3 Å². The van der Waals surface area contributed by atoms with Crippen LogP contribution >= 0.6 is 0 Å². The lowest BCUT2D eigenvalue weighted by Crippen LogP contribution is -2.51. The molecule has 0 aliphatic carbocycles. The zero-order valence-corrected chi connectivity index (χ0v) is 14.1. The van der Waals surface area contributed by atoms with Crippen molar-refractivity contribution < 1.29 is 9.53 Å². The van der Waals surface area contributed by atoms with Crippen LogP contribution in [-0.2, 0) is 4.74 Å². The minimum atomic E-state index is 0.0552. The second kappa shape index (κ2) is 6.18. The summed E-state index contributed by atoms with van der Waals surface area (Å²) in [5, 5.41) is 0. The van der Waals surface area contributed by atoms with Crippen LogP contribution in [0.1, 0.15) is 23.3 Å². The number of hydrogen-bond acceptors (Lipinski definition) is 4. The Balaban J connectivity index is 1.58. The van der Waals surface area contributed by atoms with Gasteiger partial charge >= 0.3 is 0 Å². The number of aromatic nitrogens is 2. The van der Waals surface area contributed by atoms with Gasteiger partial charge in [0.05, 0.1) is 19.4 Å². The van der Waals surface area contributed by atoms with Crippen molar-refractivity contribution >= 4 is 11.6 Å². The molecule has 24 heavy (non-hydrogen) atoms. The van der Waals surface area contributed by atoms with Crippen LogP contribution in [-0.4, -0.2) is 71.5 Å². The van der Waals surface area contributed by atoms with E-state index in [1.54, 1.807) is 6.20 Å². The van der Waals surface area contributed by atoms with Gasteiger partial charge in [-0.2, -0.15) is 0 Å². The quantitative estimate of drug-likeness (QED) is 0.796. The predicted molar refractivity (Wildman–Crippen MR) is 91.1 cm³/mol. The van der Waals surface area contributed by atoms with E-state index in [0.717, 1.165) is 57.9 Å². The lowest BCUT2D eigenvalue weighted by Gasteiger charge is -2.43. The van der Waals surface area contributed by atoms with Crippen LogP contribution in [0, 0.1) is 5.41 Å². The molecule has 2 fully saturated rings. The highest BCUT2D eigenvalue weighted by atomic mass is 16.5. The fourth-order valence-electron chi connectivity index (χ4n) is 4.09. The number of carbonyl (C=O) groups is 1. The molecule has 6 nitrogen and oxygen atoms in total. The average molecular weight is 328 g/mol. The largest absolute Gasteiger partial charge is 0.379 e. The molecule has 4 rings (SSSR count). The van der Waals surface area contributed by atoms with E-state index in [9.17, 15) is 4.79 Å². The molecule has 0 aromatic carbocycles. The fourth-order valence-corrected chi connectivity index (χ4v) is 4.09. The maximum atomic E-state index is 13.1. The van der Waals surface area contributed by atoms with Crippen LogP contribution < -0.4 is 0 Å². The maximum Gasteiger partial charge on any atom is 0.272 e. The molecule has 2 aromatic heterocycles. The van der Waals surface area contributed by atoms with Crippen molar-refractivity contribution in [1.82, 2.24) is 19.2 Å². The van der Waals surface area contributed by atoms with Crippen molar-refractivity contribution in [2.45, 2.75) is 12.8 Å². The Bertz CT molecular complexity index is 743. The van der Waals surface area contributed by atoms with Gasteiger partial charge in [-0.05, 0) is 32.0 Å². The van der Waals surface area contributed by atoms with E-state index in [0.29, 0.717) is 5.69 Å². The Hall–Kier alpha value is -1.92. The number of pyridine rings is 1. The Morgan fingerprint density at radius 1 is 1.29 bits per heavy atom. The number of nitrogens with zero attached hydrogens (tertiary/aromatic N) is 4. The monoisotopic (exact) mass is 328 g/mol. The fraction of sp³-hybridized carbons (Fsp3) is 0.556. The summed E-state index contributed by atoms with van der Waals surface area (Å²) in [7, 11) is 2.14. The van der Waals surface area contributed by atoms with Gasteiger partial charge in [-0.3, -0.25) is 9.20 Å². The van der Waals surface area contributed by atoms with E-state index in [1.165, 1.54) is 0 Å². The Kier molecular flexibility index (Phi) is 4.02. The summed E-state index contributed by atoms with van der Waals surface area (Å²) >= 11 is 0. The SMILES string of the molecule is CN1CCOCC2(CCCN(C(=O)c3cnc4ccccn34)C2)C1. The van der Waals surface area contributed by atoms with E-state index in [4.69, 9.17) is 4.74 Å². The molecule has 0 radical (unpaired) electrons. The van der Waals surface area contributed by atoms with Crippen LogP contribution in [0.15, 0.2) is 30.6 Å². The highest BCUT2D eigenvalue weighted by molar-refractivity contribution is 5.93. The van der Waals surface area contributed by atoms with Crippen molar-refractivity contribution in [3.05, 3.63) is 36.3 Å². The van der Waals surface area contributed by atoms with Crippen LogP contribution in [0.3, 0.4) is 0 Å². The maximum absolute atomic E-state index is 13.1. The first-order valence-electron chi connectivity index (χ1n) is 8.65. The van der Waals surface area contributed by atoms with Crippen LogP contribution in [0.25, 0.3) is 5.65 Å². The van der Waals surface area contributed by atoms with E-state index < -0.39 is 0 Å². The molecule has 0 bridgehead atoms. The number of carbonyl (C=O) groups excluding carboxylic acids is 1. The second-order valence-corrected chi connectivity index (χ2v) is 7.19. The minimum Gasteiger partial charge on any atom is -0.379 e. The van der Waals surface area contributed by atoms with E-state index >= 15 is 0 Å². The van der Waals surface area contributed by atoms with E-state index in [-0.39, 0.29) is 11.3 Å². The molecule has 4 heterocycles. The molecule has 2 aromatic rings. The smallest absolute Gasteiger partial charge is 0.272 e. The first kappa shape index (κ1) is 15.6. The Morgan fingerprint density at radius 3 is 3.12 bits per heavy atom. The predicted octanol–water partition coefficient (Wildman–Crippen LogP) is 1.52. The van der Waals surface area contributed by atoms with Crippen molar-refractivity contribution in [3.63, 3.8) is 0 Å². The number of ether oxygens (including phenoxy) is 1. The van der Waals surface area contributed by atoms with Gasteiger partial charge in [0.2, 0.25) is 0 Å². The molecule has 128 valence electrons. The average Bonchev–Trinajstić information content (AvgIpc) is 2.94. The second-order valence-electron chi connectivity index (χ2n) is 7.19. The van der Waals surface area contributed by atoms with Gasteiger partial charge in [0.15, 0.2) is 0 Å². The molecule has 2 aliphatic rings. The molecule has 2 saturated heterocycles. The molecule has 1 amide bonds. The summed E-state index contributed by atoms with van der Waals surface area (Å²) in [6.07, 6.45) is 5.74. The third kappa shape index (κ3) is 2.80. The van der Waals surface area contributed by atoms with Crippen LogP contribution in [0.5, 0.6) is 0 Å². The number of fused-ring (bicyclic) bond motifs is 1. The van der Waals surface area contributed by atoms with Crippen LogP contribution in [0.2, 0.25) is 0 Å². The van der Waals surface area contributed by atoms with Crippen molar-refractivity contribution in [3.8, 4) is 0 Å². The molecule has 0 N–H and O–H groups in total. The highest BCUT2D eigenvalue weighted by Crippen LogP contribution is 2.33. The van der Waals surface area contributed by atoms with Gasteiger partial charge in [0, 0.05) is 37.8 Å². The lowest BCUT2D eigenvalue weighted by molar-refractivity contribution is 0.00833. The number of rotatable bonds is 1. The summed E-state index contributed by atoms with van der Waals surface area (Å²) in [6, 6.07) is 5.78. The number of likely N-dealkylation sites (N-methyl/N-ethyl adjacent to an activating group) is 1. The molecule has 2 aliphatic heterocycles. The summed E-state index contributed by atoms with van der Waals surface area (Å²) in [6.45, 7) is 5.04. The number of piperidine rings is 1. The van der Waals surface area contributed by atoms with Gasteiger partial charge in [0.25, 0.3) is 5.91 Å². The van der Waals surface area contributed by atoms with Gasteiger partial charge in [-0.1, -0.05) is 6.07 Å². The van der Waals surface area contributed by atoms with Crippen molar-refractivity contribution in [2.24, 2.45) is 5.41 Å². The van der Waals surface area contributed by atoms with Gasteiger partial charge < -0.3 is 14.5 Å². The molecule has 1 spiro atoms. The third-order valence-corrected chi connectivity index (χ3v) is 5.22. The Labute approximate surface area is 142 Å². The zero-order valence-electron chi connectivity index (χ0n) is 14.1. The van der Waals surface area contributed by atoms with E-state index in [1.807, 2.05) is 33.7 Å². The van der Waals surface area contributed by atoms with Gasteiger partial charge in [-0.25, -0.2) is 4.98 Å². The number of imidazole rings is 1. The van der Waals surface area contributed by atoms with Crippen molar-refractivity contribution in [2.75, 3.05) is 46.4 Å². The normalized spacial score (nSPS) is 26.0. The topological polar surface area (TPSA) is 50.1 Å². The summed E-state index contributed by atoms with van der Waals surface area (Å²) in [5.74, 6) is 0.0691. The third-order valence-electron chi connectivity index (χ3n) is 5.22. The minimum absolute atomic E-state index is 0.0552. The van der Waals surface area contributed by atoms with Crippen LogP contribution in [0.4, 0.5) is 0 Å². The number of likely N-dealkylation sites (tertiary alicyclic amines) is 1. The molecule has 0 saturated carbocycles. The zero-order chi connectivity index (χ0) is 16.6. The highest BCUT2D eigenvalue weighted by Gasteiger charge is 2.40. The molecular formula is C18H24N4O2. The standard InChI is InChI=1S/C18H24N4O2/c1-20-9-10-24-14-18(12-20)6-4-7-21(13-18)17(23)15-11-19-16-5-2-3-8-22(15)16/h2-3,5,8,11H,4,6-7,9-10,12-14H2,1H3. The molecule has 1 unspecified atom stereocenters. The summed E-state index contributed by atoms with van der Waals surface area (Å²) < 4.78 is 7.72. The van der Waals surface area contributed by atoms with Gasteiger partial charge in [-0.15, -0.1) is 0 Å². The Morgan fingerprint density at radius 2 is 2.21 bits per heavy atom. The van der Waals surface area contributed by atoms with E-state index in [2.05, 4.69) is 16.9 Å². The number of amides is 1. The lowest BCUT2D eigenvalue weighted by atomic mass is 9.80. The van der Waals surface area contributed by atoms with Crippen molar-refractivity contribution in [1.29, 1.82) is 0 Å². The summed E-state index contributed by atoms with van der Waals surface area (Å²) in [5.41, 5.74) is 1.51. The number of hydrogen-bond donors (Lipinski definition) is 0. The molecule has 6 heteroatoms. The molecule has 1 atom stereocenters. The first-order valence-corrected chi connectivity index (χ1v) is 8.65.